The van der Waals surface area contributed by atoms with E-state index >= 15 is 0 Å². The molecule has 1 aromatic heterocycles. The normalized spacial score (nSPS) is 17.7. The lowest BCUT2D eigenvalue weighted by Crippen LogP contribution is -2.28. The van der Waals surface area contributed by atoms with Gasteiger partial charge in [0.05, 0.1) is 17.4 Å². The number of allylic oxidation sites excluding steroid dienone is 2. The van der Waals surface area contributed by atoms with Crippen LogP contribution in [0.1, 0.15) is 50.3 Å². The molecular formula is C45H39N5. The summed E-state index contributed by atoms with van der Waals surface area (Å²) in [5.41, 5.74) is 11.0. The number of benzene rings is 5. The highest BCUT2D eigenvalue weighted by atomic mass is 15.2. The SMILES string of the molecule is CC.CC1(C)C(c2ccccc2)=Nc2c1ccc1c2C2C=CC=CC2N1c1ccc(-c2nc(-c3ccccc3)nc(-c3ccccc3)n2)cc1. The van der Waals surface area contributed by atoms with Crippen LogP contribution in [0.15, 0.2) is 157 Å². The topological polar surface area (TPSA) is 54.3 Å². The lowest BCUT2D eigenvalue weighted by molar-refractivity contribution is 0.732. The van der Waals surface area contributed by atoms with Crippen LogP contribution in [0.2, 0.25) is 0 Å². The maximum absolute atomic E-state index is 5.40. The van der Waals surface area contributed by atoms with E-state index in [2.05, 4.69) is 110 Å². The van der Waals surface area contributed by atoms with E-state index in [1.807, 2.05) is 74.5 Å². The van der Waals surface area contributed by atoms with E-state index in [0.717, 1.165) is 33.8 Å². The van der Waals surface area contributed by atoms with Crippen molar-refractivity contribution >= 4 is 22.8 Å². The first-order valence-electron chi connectivity index (χ1n) is 17.5. The van der Waals surface area contributed by atoms with Gasteiger partial charge in [0.15, 0.2) is 17.5 Å². The molecular weight excluding hydrogens is 611 g/mol. The van der Waals surface area contributed by atoms with Crippen molar-refractivity contribution in [2.45, 2.75) is 45.1 Å². The van der Waals surface area contributed by atoms with E-state index in [4.69, 9.17) is 19.9 Å². The summed E-state index contributed by atoms with van der Waals surface area (Å²) < 4.78 is 0. The van der Waals surface area contributed by atoms with Crippen molar-refractivity contribution in [1.82, 2.24) is 15.0 Å². The van der Waals surface area contributed by atoms with Crippen LogP contribution in [0.5, 0.6) is 0 Å². The van der Waals surface area contributed by atoms with Gasteiger partial charge in [-0.05, 0) is 41.5 Å². The van der Waals surface area contributed by atoms with Gasteiger partial charge in [-0.1, -0.05) is 149 Å². The van der Waals surface area contributed by atoms with Gasteiger partial charge in [0.25, 0.3) is 0 Å². The molecule has 2 atom stereocenters. The quantitative estimate of drug-likeness (QED) is 0.186. The van der Waals surface area contributed by atoms with Crippen molar-refractivity contribution < 1.29 is 0 Å². The summed E-state index contributed by atoms with van der Waals surface area (Å²) in [6, 6.07) is 44.2. The molecule has 0 radical (unpaired) electrons. The molecule has 5 heteroatoms. The molecule has 2 aliphatic heterocycles. The van der Waals surface area contributed by atoms with Crippen LogP contribution in [0.25, 0.3) is 34.2 Å². The van der Waals surface area contributed by atoms with Crippen LogP contribution in [-0.4, -0.2) is 26.7 Å². The number of anilines is 2. The van der Waals surface area contributed by atoms with Crippen molar-refractivity contribution in [2.75, 3.05) is 4.90 Å². The zero-order valence-corrected chi connectivity index (χ0v) is 28.8. The minimum absolute atomic E-state index is 0.160. The summed E-state index contributed by atoms with van der Waals surface area (Å²) in [5.74, 6) is 2.18. The predicted octanol–water partition coefficient (Wildman–Crippen LogP) is 11.0. The zero-order valence-electron chi connectivity index (χ0n) is 28.8. The van der Waals surface area contributed by atoms with Crippen LogP contribution in [0, 0.1) is 0 Å². The number of rotatable bonds is 5. The van der Waals surface area contributed by atoms with Crippen molar-refractivity contribution in [2.24, 2.45) is 4.99 Å². The molecule has 50 heavy (non-hydrogen) atoms. The second kappa shape index (κ2) is 12.8. The molecule has 0 saturated carbocycles. The van der Waals surface area contributed by atoms with Crippen LogP contribution in [0.4, 0.5) is 17.1 Å². The highest BCUT2D eigenvalue weighted by Gasteiger charge is 2.44. The van der Waals surface area contributed by atoms with Crippen molar-refractivity contribution in [3.05, 3.63) is 168 Å². The molecule has 5 aromatic carbocycles. The van der Waals surface area contributed by atoms with Gasteiger partial charge in [-0.15, -0.1) is 0 Å². The van der Waals surface area contributed by atoms with Gasteiger partial charge >= 0.3 is 0 Å². The Hall–Kier alpha value is -5.94. The first-order valence-corrected chi connectivity index (χ1v) is 17.5. The molecule has 2 unspecified atom stereocenters. The number of hydrogen-bond acceptors (Lipinski definition) is 5. The summed E-state index contributed by atoms with van der Waals surface area (Å²) in [6.45, 7) is 8.59. The fourth-order valence-corrected chi connectivity index (χ4v) is 7.45. The van der Waals surface area contributed by atoms with Gasteiger partial charge in [0, 0.05) is 45.0 Å². The van der Waals surface area contributed by atoms with Gasteiger partial charge in [0.2, 0.25) is 0 Å². The molecule has 6 aromatic rings. The minimum atomic E-state index is -0.188. The van der Waals surface area contributed by atoms with Gasteiger partial charge in [0.1, 0.15) is 0 Å². The monoisotopic (exact) mass is 649 g/mol. The van der Waals surface area contributed by atoms with Gasteiger partial charge < -0.3 is 4.90 Å². The Morgan fingerprint density at radius 3 is 1.60 bits per heavy atom. The largest absolute Gasteiger partial charge is 0.333 e. The molecule has 244 valence electrons. The Morgan fingerprint density at radius 1 is 0.540 bits per heavy atom. The van der Waals surface area contributed by atoms with E-state index in [-0.39, 0.29) is 17.4 Å². The van der Waals surface area contributed by atoms with Gasteiger partial charge in [-0.2, -0.15) is 0 Å². The first kappa shape index (κ1) is 31.3. The third-order valence-electron chi connectivity index (χ3n) is 9.83. The Balaban J connectivity index is 0.00000177. The Morgan fingerprint density at radius 2 is 1.04 bits per heavy atom. The maximum atomic E-state index is 5.40. The molecule has 0 spiro atoms. The predicted molar refractivity (Wildman–Crippen MR) is 207 cm³/mol. The summed E-state index contributed by atoms with van der Waals surface area (Å²) in [5, 5.41) is 0. The van der Waals surface area contributed by atoms with Crippen LogP contribution < -0.4 is 4.90 Å². The minimum Gasteiger partial charge on any atom is -0.333 e. The second-order valence-corrected chi connectivity index (χ2v) is 13.1. The standard InChI is InChI=1S/C43H33N5.C2H6/c1-43(2)34-26-27-36-37(38(34)44-39(43)28-14-6-3-7-15-28)33-20-12-13-21-35(33)48(36)32-24-22-31(23-25-32)42-46-40(29-16-8-4-9-17-29)45-41(47-42)30-18-10-5-11-19-30;1-2/h3-27,33,35H,1-2H3;1-2H3. The van der Waals surface area contributed by atoms with Crippen LogP contribution >= 0.6 is 0 Å². The van der Waals surface area contributed by atoms with Crippen molar-refractivity contribution in [3.8, 4) is 34.2 Å². The molecule has 0 bridgehead atoms. The molecule has 0 saturated heterocycles. The van der Waals surface area contributed by atoms with Crippen molar-refractivity contribution in [1.29, 1.82) is 0 Å². The Kier molecular flexibility index (Phi) is 8.04. The number of hydrogen-bond donors (Lipinski definition) is 0. The van der Waals surface area contributed by atoms with E-state index < -0.39 is 0 Å². The van der Waals surface area contributed by atoms with Gasteiger partial charge in [-0.3, -0.25) is 4.99 Å². The maximum Gasteiger partial charge on any atom is 0.164 e. The molecule has 3 heterocycles. The molecule has 9 rings (SSSR count). The molecule has 0 N–H and O–H groups in total. The lowest BCUT2D eigenvalue weighted by atomic mass is 9.77. The summed E-state index contributed by atoms with van der Waals surface area (Å²) in [6.07, 6.45) is 8.99. The van der Waals surface area contributed by atoms with E-state index in [9.17, 15) is 0 Å². The zero-order chi connectivity index (χ0) is 34.2. The molecule has 0 amide bonds. The first-order chi connectivity index (χ1) is 24.6. The highest BCUT2D eigenvalue weighted by molar-refractivity contribution is 6.13. The van der Waals surface area contributed by atoms with E-state index in [0.29, 0.717) is 17.5 Å². The second-order valence-electron chi connectivity index (χ2n) is 13.1. The Labute approximate surface area is 294 Å². The number of fused-ring (bicyclic) bond motifs is 5. The molecule has 1 aliphatic carbocycles. The number of aliphatic imine (C=N–C) groups is 1. The summed E-state index contributed by atoms with van der Waals surface area (Å²) in [4.78, 5) is 22.6. The van der Waals surface area contributed by atoms with Crippen molar-refractivity contribution in [3.63, 3.8) is 0 Å². The summed E-state index contributed by atoms with van der Waals surface area (Å²) in [7, 11) is 0. The molecule has 5 nitrogen and oxygen atoms in total. The fourth-order valence-electron chi connectivity index (χ4n) is 7.45. The van der Waals surface area contributed by atoms with Gasteiger partial charge in [-0.25, -0.2) is 15.0 Å². The third kappa shape index (κ3) is 5.26. The van der Waals surface area contributed by atoms with E-state index in [1.165, 1.54) is 22.4 Å². The number of nitrogens with zero attached hydrogens (tertiary/aromatic N) is 5. The summed E-state index contributed by atoms with van der Waals surface area (Å²) >= 11 is 0. The highest BCUT2D eigenvalue weighted by Crippen LogP contribution is 2.56. The molecule has 3 aliphatic rings. The third-order valence-corrected chi connectivity index (χ3v) is 9.83. The van der Waals surface area contributed by atoms with Crippen LogP contribution in [0.3, 0.4) is 0 Å². The average Bonchev–Trinajstić information content (AvgIpc) is 3.67. The van der Waals surface area contributed by atoms with E-state index in [1.54, 1.807) is 0 Å². The average molecular weight is 650 g/mol. The Bertz CT molecular complexity index is 2200. The number of aromatic nitrogens is 3. The smallest absolute Gasteiger partial charge is 0.164 e. The van der Waals surface area contributed by atoms with Crippen LogP contribution in [-0.2, 0) is 5.41 Å². The lowest BCUT2D eigenvalue weighted by Gasteiger charge is -2.28. The fraction of sp³-hybridized carbons (Fsp3) is 0.156. The molecule has 0 fully saturated rings.